The van der Waals surface area contributed by atoms with E-state index in [0.29, 0.717) is 16.6 Å². The van der Waals surface area contributed by atoms with Crippen molar-refractivity contribution in [2.24, 2.45) is 5.92 Å². The van der Waals surface area contributed by atoms with E-state index in [2.05, 4.69) is 27.3 Å². The van der Waals surface area contributed by atoms with E-state index in [1.165, 1.54) is 12.8 Å². The van der Waals surface area contributed by atoms with Gasteiger partial charge in [-0.1, -0.05) is 18.5 Å². The fraction of sp³-hybridized carbons (Fsp3) is 0.389. The third kappa shape index (κ3) is 5.06. The topological polar surface area (TPSA) is 67.4 Å². The molecule has 2 heterocycles. The Labute approximate surface area is 152 Å². The van der Waals surface area contributed by atoms with Crippen molar-refractivity contribution in [1.82, 2.24) is 10.2 Å². The SMILES string of the molecule is CC1CCN(c2ccc(NC(=O)COc3ccc(Cl)cc3)nn2)CC1. The molecule has 0 atom stereocenters. The van der Waals surface area contributed by atoms with Crippen molar-refractivity contribution >= 4 is 29.1 Å². The maximum atomic E-state index is 11.9. The number of ether oxygens (including phenoxy) is 1. The Hall–Kier alpha value is -2.34. The third-order valence-electron chi connectivity index (χ3n) is 4.21. The molecule has 2 aromatic rings. The highest BCUT2D eigenvalue weighted by atomic mass is 35.5. The average Bonchev–Trinajstić information content (AvgIpc) is 2.63. The fourth-order valence-electron chi connectivity index (χ4n) is 2.66. The van der Waals surface area contributed by atoms with Gasteiger partial charge in [0.15, 0.2) is 18.2 Å². The number of rotatable bonds is 5. The lowest BCUT2D eigenvalue weighted by atomic mass is 9.99. The summed E-state index contributed by atoms with van der Waals surface area (Å²) in [5.41, 5.74) is 0. The lowest BCUT2D eigenvalue weighted by Gasteiger charge is -2.30. The summed E-state index contributed by atoms with van der Waals surface area (Å²) in [5, 5.41) is 11.6. The van der Waals surface area contributed by atoms with Gasteiger partial charge in [0.25, 0.3) is 5.91 Å². The quantitative estimate of drug-likeness (QED) is 0.885. The molecule has 25 heavy (non-hydrogen) atoms. The fourth-order valence-corrected chi connectivity index (χ4v) is 2.78. The van der Waals surface area contributed by atoms with E-state index in [1.807, 2.05) is 6.07 Å². The largest absolute Gasteiger partial charge is 0.484 e. The van der Waals surface area contributed by atoms with Crippen molar-refractivity contribution in [3.05, 3.63) is 41.4 Å². The van der Waals surface area contributed by atoms with Crippen LogP contribution in [-0.4, -0.2) is 35.8 Å². The average molecular weight is 361 g/mol. The lowest BCUT2D eigenvalue weighted by Crippen LogP contribution is -2.33. The molecule has 1 aromatic carbocycles. The van der Waals surface area contributed by atoms with Gasteiger partial charge in [0.05, 0.1) is 0 Å². The third-order valence-corrected chi connectivity index (χ3v) is 4.46. The smallest absolute Gasteiger partial charge is 0.263 e. The first-order valence-corrected chi connectivity index (χ1v) is 8.75. The van der Waals surface area contributed by atoms with Crippen molar-refractivity contribution in [2.45, 2.75) is 19.8 Å². The number of nitrogens with one attached hydrogen (secondary N) is 1. The summed E-state index contributed by atoms with van der Waals surface area (Å²) >= 11 is 5.80. The van der Waals surface area contributed by atoms with Crippen molar-refractivity contribution in [3.63, 3.8) is 0 Å². The van der Waals surface area contributed by atoms with Crippen LogP contribution in [0.2, 0.25) is 5.02 Å². The molecule has 0 spiro atoms. The van der Waals surface area contributed by atoms with Crippen LogP contribution in [0, 0.1) is 5.92 Å². The maximum absolute atomic E-state index is 11.9. The maximum Gasteiger partial charge on any atom is 0.263 e. The van der Waals surface area contributed by atoms with Crippen molar-refractivity contribution in [3.8, 4) is 5.75 Å². The van der Waals surface area contributed by atoms with Crippen LogP contribution < -0.4 is 15.0 Å². The van der Waals surface area contributed by atoms with Crippen LogP contribution in [-0.2, 0) is 4.79 Å². The summed E-state index contributed by atoms with van der Waals surface area (Å²) in [6.45, 7) is 4.16. The highest BCUT2D eigenvalue weighted by Gasteiger charge is 2.17. The molecular formula is C18H21ClN4O2. The zero-order valence-corrected chi connectivity index (χ0v) is 14.9. The van der Waals surface area contributed by atoms with Gasteiger partial charge in [-0.25, -0.2) is 0 Å². The molecule has 1 aliphatic rings. The highest BCUT2D eigenvalue weighted by molar-refractivity contribution is 6.30. The molecular weight excluding hydrogens is 340 g/mol. The van der Waals surface area contributed by atoms with Gasteiger partial charge < -0.3 is 15.0 Å². The molecule has 132 valence electrons. The van der Waals surface area contributed by atoms with E-state index in [9.17, 15) is 4.79 Å². The highest BCUT2D eigenvalue weighted by Crippen LogP contribution is 2.21. The zero-order chi connectivity index (χ0) is 17.6. The number of halogens is 1. The first kappa shape index (κ1) is 17.5. The van der Waals surface area contributed by atoms with E-state index in [0.717, 1.165) is 24.8 Å². The molecule has 1 aliphatic heterocycles. The minimum atomic E-state index is -0.288. The number of nitrogens with zero attached hydrogens (tertiary/aromatic N) is 3. The second-order valence-electron chi connectivity index (χ2n) is 6.24. The van der Waals surface area contributed by atoms with Crippen LogP contribution in [0.3, 0.4) is 0 Å². The molecule has 1 aromatic heterocycles. The van der Waals surface area contributed by atoms with Gasteiger partial charge in [-0.05, 0) is 55.2 Å². The van der Waals surface area contributed by atoms with E-state index in [1.54, 1.807) is 30.3 Å². The predicted octanol–water partition coefficient (Wildman–Crippen LogP) is 3.38. The number of anilines is 2. The van der Waals surface area contributed by atoms with E-state index in [4.69, 9.17) is 16.3 Å². The second-order valence-corrected chi connectivity index (χ2v) is 6.67. The number of aromatic nitrogens is 2. The minimum absolute atomic E-state index is 0.102. The Morgan fingerprint density at radius 3 is 2.56 bits per heavy atom. The molecule has 0 bridgehead atoms. The molecule has 1 amide bonds. The number of hydrogen-bond acceptors (Lipinski definition) is 5. The molecule has 6 nitrogen and oxygen atoms in total. The van der Waals surface area contributed by atoms with Gasteiger partial charge in [-0.3, -0.25) is 4.79 Å². The standard InChI is InChI=1S/C18H21ClN4O2/c1-13-8-10-23(11-9-13)17-7-6-16(21-22-17)20-18(24)12-25-15-4-2-14(19)3-5-15/h2-7,13H,8-12H2,1H3,(H,20,21,24). The Kier molecular flexibility index (Phi) is 5.71. The number of piperidine rings is 1. The summed E-state index contributed by atoms with van der Waals surface area (Å²) in [5.74, 6) is 2.33. The molecule has 1 saturated heterocycles. The number of carbonyl (C=O) groups is 1. The summed E-state index contributed by atoms with van der Waals surface area (Å²) in [7, 11) is 0. The summed E-state index contributed by atoms with van der Waals surface area (Å²) in [6.07, 6.45) is 2.34. The molecule has 0 aliphatic carbocycles. The van der Waals surface area contributed by atoms with Crippen molar-refractivity contribution in [1.29, 1.82) is 0 Å². The van der Waals surface area contributed by atoms with Gasteiger partial charge in [-0.2, -0.15) is 0 Å². The lowest BCUT2D eigenvalue weighted by molar-refractivity contribution is -0.118. The normalized spacial score (nSPS) is 15.0. The summed E-state index contributed by atoms with van der Waals surface area (Å²) in [6, 6.07) is 10.5. The molecule has 1 fully saturated rings. The number of benzene rings is 1. The second kappa shape index (κ2) is 8.16. The van der Waals surface area contributed by atoms with Gasteiger partial charge >= 0.3 is 0 Å². The Balaban J connectivity index is 1.49. The Morgan fingerprint density at radius 1 is 1.20 bits per heavy atom. The van der Waals surface area contributed by atoms with Gasteiger partial charge in [0, 0.05) is 18.1 Å². The Morgan fingerprint density at radius 2 is 1.92 bits per heavy atom. The first-order valence-electron chi connectivity index (χ1n) is 8.37. The van der Waals surface area contributed by atoms with Gasteiger partial charge in [-0.15, -0.1) is 10.2 Å². The molecule has 3 rings (SSSR count). The molecule has 0 radical (unpaired) electrons. The number of hydrogen-bond donors (Lipinski definition) is 1. The summed E-state index contributed by atoms with van der Waals surface area (Å²) in [4.78, 5) is 14.2. The van der Waals surface area contributed by atoms with Crippen LogP contribution >= 0.6 is 11.6 Å². The van der Waals surface area contributed by atoms with E-state index in [-0.39, 0.29) is 12.5 Å². The molecule has 0 unspecified atom stereocenters. The van der Waals surface area contributed by atoms with Gasteiger partial charge in [0.2, 0.25) is 0 Å². The number of amides is 1. The van der Waals surface area contributed by atoms with E-state index < -0.39 is 0 Å². The molecule has 1 N–H and O–H groups in total. The minimum Gasteiger partial charge on any atom is -0.484 e. The van der Waals surface area contributed by atoms with Crippen LogP contribution in [0.5, 0.6) is 5.75 Å². The molecule has 0 saturated carbocycles. The van der Waals surface area contributed by atoms with Crippen LogP contribution in [0.1, 0.15) is 19.8 Å². The predicted molar refractivity (Wildman–Crippen MR) is 98.2 cm³/mol. The van der Waals surface area contributed by atoms with Crippen LogP contribution in [0.15, 0.2) is 36.4 Å². The van der Waals surface area contributed by atoms with Crippen molar-refractivity contribution in [2.75, 3.05) is 29.9 Å². The molecule has 7 heteroatoms. The van der Waals surface area contributed by atoms with Crippen molar-refractivity contribution < 1.29 is 9.53 Å². The van der Waals surface area contributed by atoms with Gasteiger partial charge in [0.1, 0.15) is 5.75 Å². The monoisotopic (exact) mass is 360 g/mol. The first-order chi connectivity index (χ1) is 12.1. The Bertz CT molecular complexity index is 698. The number of carbonyl (C=O) groups excluding carboxylic acids is 1. The van der Waals surface area contributed by atoms with Crippen LogP contribution in [0.25, 0.3) is 0 Å². The zero-order valence-electron chi connectivity index (χ0n) is 14.1. The van der Waals surface area contributed by atoms with E-state index >= 15 is 0 Å². The van der Waals surface area contributed by atoms with Crippen LogP contribution in [0.4, 0.5) is 11.6 Å². The summed E-state index contributed by atoms with van der Waals surface area (Å²) < 4.78 is 5.40.